The summed E-state index contributed by atoms with van der Waals surface area (Å²) in [6.45, 7) is 0. The average molecular weight is 327 g/mol. The highest BCUT2D eigenvalue weighted by molar-refractivity contribution is 14.1. The molecule has 0 bridgehead atoms. The second-order valence-corrected chi connectivity index (χ2v) is 4.12. The van der Waals surface area contributed by atoms with Gasteiger partial charge in [-0.15, -0.1) is 0 Å². The Kier molecular flexibility index (Phi) is 3.81. The van der Waals surface area contributed by atoms with Crippen molar-refractivity contribution in [3.63, 3.8) is 0 Å². The van der Waals surface area contributed by atoms with E-state index in [4.69, 9.17) is 0 Å². The first-order valence-corrected chi connectivity index (χ1v) is 5.43. The van der Waals surface area contributed by atoms with Crippen LogP contribution in [0.2, 0.25) is 0 Å². The molecule has 1 rings (SSSR count). The molecule has 0 aliphatic carbocycles. The van der Waals surface area contributed by atoms with Crippen molar-refractivity contribution >= 4 is 38.5 Å². The van der Waals surface area contributed by atoms with Crippen LogP contribution in [-0.4, -0.2) is 10.4 Å². The second-order valence-electron chi connectivity index (χ2n) is 2.23. The van der Waals surface area contributed by atoms with Crippen LogP contribution >= 0.6 is 38.5 Å². The zero-order valence-corrected chi connectivity index (χ0v) is 9.54. The molecule has 0 fully saturated rings. The Bertz CT molecular complexity index is 239. The van der Waals surface area contributed by atoms with Crippen molar-refractivity contribution in [3.8, 4) is 0 Å². The lowest BCUT2D eigenvalue weighted by molar-refractivity contribution is 0.205. The topological polar surface area (TPSA) is 20.2 Å². The molecule has 0 heterocycles. The predicted octanol–water partition coefficient (Wildman–Crippen LogP) is 2.72. The molecule has 0 radical (unpaired) electrons. The van der Waals surface area contributed by atoms with Gasteiger partial charge in [0.1, 0.15) is 0 Å². The number of rotatable bonds is 2. The summed E-state index contributed by atoms with van der Waals surface area (Å²) in [5, 5.41) is 9.99. The number of aliphatic hydroxyl groups excluding tert-OH is 1. The highest BCUT2D eigenvalue weighted by Crippen LogP contribution is 2.17. The summed E-state index contributed by atoms with van der Waals surface area (Å²) in [6, 6.07) is 7.86. The van der Waals surface area contributed by atoms with Crippen LogP contribution in [0.5, 0.6) is 0 Å². The lowest BCUT2D eigenvalue weighted by Crippen LogP contribution is -1.97. The Balaban J connectivity index is 2.86. The van der Waals surface area contributed by atoms with E-state index in [9.17, 15) is 5.11 Å². The van der Waals surface area contributed by atoms with Crippen molar-refractivity contribution in [2.45, 2.75) is 6.10 Å². The third-order valence-corrected chi connectivity index (χ3v) is 2.66. The van der Waals surface area contributed by atoms with Gasteiger partial charge in [-0.3, -0.25) is 0 Å². The van der Waals surface area contributed by atoms with E-state index < -0.39 is 0 Å². The van der Waals surface area contributed by atoms with Gasteiger partial charge in [-0.2, -0.15) is 0 Å². The van der Waals surface area contributed by atoms with Crippen molar-refractivity contribution in [2.75, 3.05) is 5.33 Å². The van der Waals surface area contributed by atoms with Crippen molar-refractivity contribution in [1.29, 1.82) is 0 Å². The molecule has 3 heteroatoms. The van der Waals surface area contributed by atoms with Crippen LogP contribution in [0.1, 0.15) is 11.7 Å². The summed E-state index contributed by atoms with van der Waals surface area (Å²) in [5.41, 5.74) is 0.966. The largest absolute Gasteiger partial charge is 0.388 e. The van der Waals surface area contributed by atoms with Crippen LogP contribution in [0.3, 0.4) is 0 Å². The summed E-state index contributed by atoms with van der Waals surface area (Å²) in [6.07, 6.45) is -0.385. The van der Waals surface area contributed by atoms with Gasteiger partial charge in [0, 0.05) is 8.90 Å². The lowest BCUT2D eigenvalue weighted by atomic mass is 10.1. The van der Waals surface area contributed by atoms with E-state index in [2.05, 4.69) is 38.5 Å². The van der Waals surface area contributed by atoms with Crippen LogP contribution in [0.15, 0.2) is 24.3 Å². The molecule has 1 atom stereocenters. The van der Waals surface area contributed by atoms with Crippen molar-refractivity contribution < 1.29 is 5.11 Å². The zero-order valence-electron chi connectivity index (χ0n) is 5.80. The molecule has 1 unspecified atom stereocenters. The summed E-state index contributed by atoms with van der Waals surface area (Å²) < 4.78 is 1.15. The molecule has 60 valence electrons. The smallest absolute Gasteiger partial charge is 0.0887 e. The molecule has 0 amide bonds. The van der Waals surface area contributed by atoms with Gasteiger partial charge in [0.05, 0.1) is 6.10 Å². The highest BCUT2D eigenvalue weighted by Gasteiger charge is 2.04. The summed E-state index contributed by atoms with van der Waals surface area (Å²) in [5.74, 6) is 0. The minimum Gasteiger partial charge on any atom is -0.388 e. The fourth-order valence-corrected chi connectivity index (χ4v) is 1.74. The van der Waals surface area contributed by atoms with E-state index in [1.54, 1.807) is 0 Å². The molecule has 1 nitrogen and oxygen atoms in total. The maximum absolute atomic E-state index is 9.40. The summed E-state index contributed by atoms with van der Waals surface area (Å²) in [7, 11) is 0. The highest BCUT2D eigenvalue weighted by atomic mass is 127. The van der Waals surface area contributed by atoms with Crippen molar-refractivity contribution in [2.24, 2.45) is 0 Å². The molecule has 0 spiro atoms. The molecule has 1 aromatic rings. The number of aliphatic hydroxyl groups is 1. The number of alkyl halides is 1. The fraction of sp³-hybridized carbons (Fsp3) is 0.250. The molecule has 0 aliphatic heterocycles. The SMILES string of the molecule is OC(CBr)c1cccc(I)c1. The number of halogens is 2. The van der Waals surface area contributed by atoms with Gasteiger partial charge in [0.2, 0.25) is 0 Å². The second kappa shape index (κ2) is 4.42. The Morgan fingerprint density at radius 3 is 2.82 bits per heavy atom. The van der Waals surface area contributed by atoms with Gasteiger partial charge in [0.15, 0.2) is 0 Å². The third-order valence-electron chi connectivity index (χ3n) is 1.38. The first-order valence-electron chi connectivity index (χ1n) is 3.23. The molecule has 0 saturated heterocycles. The Morgan fingerprint density at radius 2 is 2.27 bits per heavy atom. The van der Waals surface area contributed by atoms with E-state index >= 15 is 0 Å². The summed E-state index contributed by atoms with van der Waals surface area (Å²) >= 11 is 5.45. The monoisotopic (exact) mass is 326 g/mol. The molecule has 1 N–H and O–H groups in total. The van der Waals surface area contributed by atoms with Crippen LogP contribution in [-0.2, 0) is 0 Å². The van der Waals surface area contributed by atoms with E-state index in [1.807, 2.05) is 24.3 Å². The van der Waals surface area contributed by atoms with Gasteiger partial charge >= 0.3 is 0 Å². The standard InChI is InChI=1S/C8H8BrIO/c9-5-8(11)6-2-1-3-7(10)4-6/h1-4,8,11H,5H2. The molecule has 0 aromatic heterocycles. The Hall–Kier alpha value is 0.390. The van der Waals surface area contributed by atoms with Gasteiger partial charge < -0.3 is 5.11 Å². The minimum absolute atomic E-state index is 0.385. The Morgan fingerprint density at radius 1 is 1.55 bits per heavy atom. The van der Waals surface area contributed by atoms with Crippen LogP contribution in [0.25, 0.3) is 0 Å². The normalized spacial score (nSPS) is 13.0. The molecule has 0 aliphatic rings. The molecular formula is C8H8BrIO. The first kappa shape index (κ1) is 9.48. The number of benzene rings is 1. The maximum Gasteiger partial charge on any atom is 0.0887 e. The average Bonchev–Trinajstić information content (AvgIpc) is 2.03. The van der Waals surface area contributed by atoms with E-state index in [0.717, 1.165) is 9.13 Å². The molecular weight excluding hydrogens is 319 g/mol. The van der Waals surface area contributed by atoms with Gasteiger partial charge in [-0.1, -0.05) is 28.1 Å². The first-order chi connectivity index (χ1) is 5.24. The van der Waals surface area contributed by atoms with Crippen LogP contribution in [0.4, 0.5) is 0 Å². The fourth-order valence-electron chi connectivity index (χ4n) is 0.803. The van der Waals surface area contributed by atoms with Crippen molar-refractivity contribution in [3.05, 3.63) is 33.4 Å². The quantitative estimate of drug-likeness (QED) is 0.654. The van der Waals surface area contributed by atoms with E-state index in [0.29, 0.717) is 5.33 Å². The van der Waals surface area contributed by atoms with E-state index in [1.165, 1.54) is 0 Å². The van der Waals surface area contributed by atoms with Crippen molar-refractivity contribution in [1.82, 2.24) is 0 Å². The predicted molar refractivity (Wildman–Crippen MR) is 57.9 cm³/mol. The zero-order chi connectivity index (χ0) is 8.27. The molecule has 11 heavy (non-hydrogen) atoms. The number of hydrogen-bond donors (Lipinski definition) is 1. The lowest BCUT2D eigenvalue weighted by Gasteiger charge is -2.06. The van der Waals surface area contributed by atoms with Gasteiger partial charge in [-0.05, 0) is 40.3 Å². The van der Waals surface area contributed by atoms with Gasteiger partial charge in [0.25, 0.3) is 0 Å². The third kappa shape index (κ3) is 2.72. The number of hydrogen-bond acceptors (Lipinski definition) is 1. The molecule has 0 saturated carbocycles. The van der Waals surface area contributed by atoms with E-state index in [-0.39, 0.29) is 6.10 Å². The minimum atomic E-state index is -0.385. The maximum atomic E-state index is 9.40. The molecule has 1 aromatic carbocycles. The van der Waals surface area contributed by atoms with Crippen LogP contribution < -0.4 is 0 Å². The summed E-state index contributed by atoms with van der Waals surface area (Å²) in [4.78, 5) is 0. The Labute approximate surface area is 88.1 Å². The van der Waals surface area contributed by atoms with Gasteiger partial charge in [-0.25, -0.2) is 0 Å². The van der Waals surface area contributed by atoms with Crippen LogP contribution in [0, 0.1) is 3.57 Å².